The Labute approximate surface area is 104 Å². The minimum atomic E-state index is -0.689. The number of carbonyl (C=O) groups is 2. The van der Waals surface area contributed by atoms with Crippen LogP contribution in [0.25, 0.3) is 0 Å². The highest BCUT2D eigenvalue weighted by atomic mass is 19.1. The van der Waals surface area contributed by atoms with Gasteiger partial charge in [-0.05, 0) is 31.0 Å². The molecule has 0 saturated heterocycles. The summed E-state index contributed by atoms with van der Waals surface area (Å²) < 4.78 is 13.4. The molecule has 0 fully saturated rings. The zero-order valence-electron chi connectivity index (χ0n) is 9.78. The van der Waals surface area contributed by atoms with Crippen molar-refractivity contribution in [3.63, 3.8) is 0 Å². The predicted octanol–water partition coefficient (Wildman–Crippen LogP) is 1.03. The number of anilines is 1. The number of unbranched alkanes of at least 4 members (excludes halogenated alkanes) is 1. The molecule has 0 heterocycles. The van der Waals surface area contributed by atoms with Crippen LogP contribution >= 0.6 is 0 Å². The number of primary amides is 1. The summed E-state index contributed by atoms with van der Waals surface area (Å²) in [6, 6.07) is 3.52. The maximum absolute atomic E-state index is 13.4. The Morgan fingerprint density at radius 2 is 2.06 bits per heavy atom. The fraction of sp³-hybridized carbons (Fsp3) is 0.333. The molecule has 5 nitrogen and oxygen atoms in total. The van der Waals surface area contributed by atoms with Crippen molar-refractivity contribution in [2.24, 2.45) is 5.73 Å². The molecule has 18 heavy (non-hydrogen) atoms. The molecule has 0 aliphatic rings. The summed E-state index contributed by atoms with van der Waals surface area (Å²) in [6.45, 7) is 0.0127. The average Bonchev–Trinajstić information content (AvgIpc) is 2.32. The van der Waals surface area contributed by atoms with E-state index in [2.05, 4.69) is 5.32 Å². The molecule has 0 unspecified atom stereocenters. The Hall–Kier alpha value is -1.95. The van der Waals surface area contributed by atoms with Crippen LogP contribution in [0.5, 0.6) is 0 Å². The Balaban J connectivity index is 2.68. The number of aliphatic hydroxyl groups excluding tert-OH is 1. The van der Waals surface area contributed by atoms with Crippen molar-refractivity contribution >= 4 is 17.5 Å². The summed E-state index contributed by atoms with van der Waals surface area (Å²) in [5.74, 6) is -1.69. The standard InChI is InChI=1S/C12H15FN2O3/c13-9-5-4-8(12(14)18)7-10(9)15-11(17)3-1-2-6-16/h4-5,7,16H,1-3,6H2,(H2,14,18)(H,15,17). The van der Waals surface area contributed by atoms with E-state index in [0.717, 1.165) is 6.07 Å². The number of benzene rings is 1. The van der Waals surface area contributed by atoms with E-state index < -0.39 is 11.7 Å². The van der Waals surface area contributed by atoms with Crippen molar-refractivity contribution in [1.29, 1.82) is 0 Å². The summed E-state index contributed by atoms with van der Waals surface area (Å²) in [5, 5.41) is 10.9. The van der Waals surface area contributed by atoms with E-state index in [-0.39, 0.29) is 30.2 Å². The summed E-state index contributed by atoms with van der Waals surface area (Å²) in [7, 11) is 0. The minimum Gasteiger partial charge on any atom is -0.396 e. The van der Waals surface area contributed by atoms with E-state index in [1.807, 2.05) is 0 Å². The zero-order valence-corrected chi connectivity index (χ0v) is 9.78. The number of nitrogens with one attached hydrogen (secondary N) is 1. The molecule has 2 amide bonds. The van der Waals surface area contributed by atoms with Gasteiger partial charge in [0.05, 0.1) is 5.69 Å². The van der Waals surface area contributed by atoms with Gasteiger partial charge in [-0.15, -0.1) is 0 Å². The van der Waals surface area contributed by atoms with Gasteiger partial charge in [-0.1, -0.05) is 0 Å². The molecule has 1 rings (SSSR count). The second-order valence-corrected chi connectivity index (χ2v) is 3.79. The Kier molecular flexibility index (Phi) is 5.26. The van der Waals surface area contributed by atoms with E-state index >= 15 is 0 Å². The van der Waals surface area contributed by atoms with Gasteiger partial charge in [-0.2, -0.15) is 0 Å². The van der Waals surface area contributed by atoms with Crippen LogP contribution < -0.4 is 11.1 Å². The number of amides is 2. The molecule has 0 atom stereocenters. The lowest BCUT2D eigenvalue weighted by Crippen LogP contribution is -2.15. The molecule has 0 spiro atoms. The maximum atomic E-state index is 13.4. The number of carbonyl (C=O) groups excluding carboxylic acids is 2. The van der Waals surface area contributed by atoms with Gasteiger partial charge in [0.25, 0.3) is 0 Å². The molecule has 0 radical (unpaired) electrons. The summed E-state index contributed by atoms with van der Waals surface area (Å²) >= 11 is 0. The molecule has 0 saturated carbocycles. The SMILES string of the molecule is NC(=O)c1ccc(F)c(NC(=O)CCCCO)c1. The van der Waals surface area contributed by atoms with E-state index in [9.17, 15) is 14.0 Å². The molecule has 6 heteroatoms. The molecule has 0 bridgehead atoms. The van der Waals surface area contributed by atoms with Crippen molar-refractivity contribution in [3.8, 4) is 0 Å². The quantitative estimate of drug-likeness (QED) is 0.662. The molecule has 0 aliphatic carbocycles. The van der Waals surface area contributed by atoms with Gasteiger partial charge in [-0.3, -0.25) is 9.59 Å². The smallest absolute Gasteiger partial charge is 0.248 e. The first-order chi connectivity index (χ1) is 8.54. The van der Waals surface area contributed by atoms with Crippen LogP contribution in [0.15, 0.2) is 18.2 Å². The van der Waals surface area contributed by atoms with Crippen molar-refractivity contribution in [2.75, 3.05) is 11.9 Å². The number of halogens is 1. The first-order valence-electron chi connectivity index (χ1n) is 5.54. The van der Waals surface area contributed by atoms with E-state index in [0.29, 0.717) is 12.8 Å². The largest absolute Gasteiger partial charge is 0.396 e. The summed E-state index contributed by atoms with van der Waals surface area (Å²) in [6.07, 6.45) is 1.21. The molecular weight excluding hydrogens is 239 g/mol. The number of nitrogens with two attached hydrogens (primary N) is 1. The van der Waals surface area contributed by atoms with E-state index in [1.165, 1.54) is 12.1 Å². The van der Waals surface area contributed by atoms with Crippen LogP contribution in [-0.2, 0) is 4.79 Å². The van der Waals surface area contributed by atoms with Gasteiger partial charge in [0.2, 0.25) is 11.8 Å². The molecular formula is C12H15FN2O3. The lowest BCUT2D eigenvalue weighted by Gasteiger charge is -2.07. The van der Waals surface area contributed by atoms with Crippen LogP contribution in [0.4, 0.5) is 10.1 Å². The maximum Gasteiger partial charge on any atom is 0.248 e. The highest BCUT2D eigenvalue weighted by molar-refractivity contribution is 5.96. The Morgan fingerprint density at radius 1 is 1.33 bits per heavy atom. The van der Waals surface area contributed by atoms with Gasteiger partial charge >= 0.3 is 0 Å². The van der Waals surface area contributed by atoms with Gasteiger partial charge in [0, 0.05) is 18.6 Å². The number of hydrogen-bond donors (Lipinski definition) is 3. The molecule has 1 aromatic carbocycles. The lowest BCUT2D eigenvalue weighted by atomic mass is 10.1. The molecule has 1 aromatic rings. The Bertz CT molecular complexity index is 449. The summed E-state index contributed by atoms with van der Waals surface area (Å²) in [5.41, 5.74) is 5.12. The zero-order chi connectivity index (χ0) is 13.5. The second kappa shape index (κ2) is 6.70. The summed E-state index contributed by atoms with van der Waals surface area (Å²) in [4.78, 5) is 22.4. The fourth-order valence-corrected chi connectivity index (χ4v) is 1.38. The van der Waals surface area contributed by atoms with Gasteiger partial charge in [0.1, 0.15) is 5.82 Å². The lowest BCUT2D eigenvalue weighted by molar-refractivity contribution is -0.116. The Morgan fingerprint density at radius 3 is 2.67 bits per heavy atom. The average molecular weight is 254 g/mol. The molecule has 0 aromatic heterocycles. The highest BCUT2D eigenvalue weighted by Crippen LogP contribution is 2.16. The van der Waals surface area contributed by atoms with Crippen LogP contribution in [0.2, 0.25) is 0 Å². The van der Waals surface area contributed by atoms with Crippen molar-refractivity contribution in [1.82, 2.24) is 0 Å². The first-order valence-corrected chi connectivity index (χ1v) is 5.54. The van der Waals surface area contributed by atoms with Crippen LogP contribution in [0.1, 0.15) is 29.6 Å². The van der Waals surface area contributed by atoms with Crippen LogP contribution in [0.3, 0.4) is 0 Å². The van der Waals surface area contributed by atoms with E-state index in [1.54, 1.807) is 0 Å². The second-order valence-electron chi connectivity index (χ2n) is 3.79. The van der Waals surface area contributed by atoms with Gasteiger partial charge in [0.15, 0.2) is 0 Å². The third kappa shape index (κ3) is 4.14. The van der Waals surface area contributed by atoms with Crippen LogP contribution in [0, 0.1) is 5.82 Å². The predicted molar refractivity (Wildman–Crippen MR) is 64.5 cm³/mol. The highest BCUT2D eigenvalue weighted by Gasteiger charge is 2.09. The number of aliphatic hydroxyl groups is 1. The number of hydrogen-bond acceptors (Lipinski definition) is 3. The van der Waals surface area contributed by atoms with Crippen molar-refractivity contribution in [2.45, 2.75) is 19.3 Å². The minimum absolute atomic E-state index is 0.0127. The number of rotatable bonds is 6. The van der Waals surface area contributed by atoms with E-state index in [4.69, 9.17) is 10.8 Å². The van der Waals surface area contributed by atoms with Gasteiger partial charge in [-0.25, -0.2) is 4.39 Å². The first kappa shape index (κ1) is 14.1. The van der Waals surface area contributed by atoms with Crippen molar-refractivity contribution in [3.05, 3.63) is 29.6 Å². The monoisotopic (exact) mass is 254 g/mol. The van der Waals surface area contributed by atoms with Crippen molar-refractivity contribution < 1.29 is 19.1 Å². The topological polar surface area (TPSA) is 92.4 Å². The van der Waals surface area contributed by atoms with Crippen LogP contribution in [-0.4, -0.2) is 23.5 Å². The third-order valence-electron chi connectivity index (χ3n) is 2.34. The van der Waals surface area contributed by atoms with Gasteiger partial charge < -0.3 is 16.2 Å². The molecule has 98 valence electrons. The fourth-order valence-electron chi connectivity index (χ4n) is 1.38. The molecule has 0 aliphatic heterocycles. The normalized spacial score (nSPS) is 10.1. The third-order valence-corrected chi connectivity index (χ3v) is 2.34. The molecule has 4 N–H and O–H groups in total.